The van der Waals surface area contributed by atoms with Crippen LogP contribution in [0.15, 0.2) is 18.2 Å². The number of hydrogen-bond donors (Lipinski definition) is 3. The Bertz CT molecular complexity index is 477. The zero-order chi connectivity index (χ0) is 15.0. The summed E-state index contributed by atoms with van der Waals surface area (Å²) in [5, 5.41) is 5.55. The molecule has 0 unspecified atom stereocenters. The van der Waals surface area contributed by atoms with Gasteiger partial charge in [0.05, 0.1) is 11.3 Å². The first-order valence-electron chi connectivity index (χ1n) is 6.65. The van der Waals surface area contributed by atoms with E-state index >= 15 is 0 Å². The van der Waals surface area contributed by atoms with Crippen LogP contribution in [0.2, 0.25) is 0 Å². The van der Waals surface area contributed by atoms with Gasteiger partial charge in [-0.05, 0) is 31.9 Å². The van der Waals surface area contributed by atoms with Gasteiger partial charge in [0, 0.05) is 19.5 Å². The molecule has 0 saturated carbocycles. The first kappa shape index (κ1) is 15.9. The van der Waals surface area contributed by atoms with E-state index in [1.54, 1.807) is 6.07 Å². The van der Waals surface area contributed by atoms with E-state index in [2.05, 4.69) is 10.6 Å². The van der Waals surface area contributed by atoms with E-state index in [1.807, 2.05) is 6.92 Å². The van der Waals surface area contributed by atoms with Crippen LogP contribution < -0.4 is 16.4 Å². The van der Waals surface area contributed by atoms with E-state index in [0.717, 1.165) is 0 Å². The van der Waals surface area contributed by atoms with Crippen molar-refractivity contribution in [2.45, 2.75) is 26.2 Å². The van der Waals surface area contributed by atoms with E-state index in [9.17, 15) is 14.0 Å². The summed E-state index contributed by atoms with van der Waals surface area (Å²) in [6.45, 7) is 2.78. The van der Waals surface area contributed by atoms with E-state index in [4.69, 9.17) is 5.73 Å². The Hall–Kier alpha value is -2.11. The second kappa shape index (κ2) is 8.14. The van der Waals surface area contributed by atoms with Crippen LogP contribution >= 0.6 is 0 Å². The monoisotopic (exact) mass is 281 g/mol. The summed E-state index contributed by atoms with van der Waals surface area (Å²) in [4.78, 5) is 22.5. The Balaban J connectivity index is 2.55. The molecule has 0 bridgehead atoms. The highest BCUT2D eigenvalue weighted by Gasteiger charge is 2.13. The van der Waals surface area contributed by atoms with Crippen molar-refractivity contribution in [3.8, 4) is 0 Å². The van der Waals surface area contributed by atoms with E-state index in [0.29, 0.717) is 32.4 Å². The lowest BCUT2D eigenvalue weighted by atomic mass is 10.1. The zero-order valence-corrected chi connectivity index (χ0v) is 11.5. The molecule has 0 atom stereocenters. The van der Waals surface area contributed by atoms with Crippen LogP contribution in [0.3, 0.4) is 0 Å². The number of carbonyl (C=O) groups is 2. The quantitative estimate of drug-likeness (QED) is 0.633. The average molecular weight is 281 g/mol. The number of para-hydroxylation sites is 1. The SMILES string of the molecule is CCNc1c(F)cccc1C(=O)NCCCCC(N)=O. The molecule has 2 amide bonds. The summed E-state index contributed by atoms with van der Waals surface area (Å²) in [5.41, 5.74) is 5.51. The first-order chi connectivity index (χ1) is 9.56. The molecule has 0 aliphatic carbocycles. The smallest absolute Gasteiger partial charge is 0.253 e. The van der Waals surface area contributed by atoms with Crippen molar-refractivity contribution in [1.82, 2.24) is 5.32 Å². The Morgan fingerprint density at radius 2 is 2.05 bits per heavy atom. The maximum Gasteiger partial charge on any atom is 0.253 e. The van der Waals surface area contributed by atoms with Gasteiger partial charge in [-0.25, -0.2) is 4.39 Å². The lowest BCUT2D eigenvalue weighted by molar-refractivity contribution is -0.118. The van der Waals surface area contributed by atoms with Gasteiger partial charge in [0.2, 0.25) is 5.91 Å². The number of halogens is 1. The molecule has 1 aromatic carbocycles. The lowest BCUT2D eigenvalue weighted by Crippen LogP contribution is -2.26. The molecule has 0 fully saturated rings. The van der Waals surface area contributed by atoms with Gasteiger partial charge in [0.1, 0.15) is 5.82 Å². The predicted octanol–water partition coefficient (Wildman–Crippen LogP) is 1.64. The lowest BCUT2D eigenvalue weighted by Gasteiger charge is -2.11. The second-order valence-electron chi connectivity index (χ2n) is 4.37. The summed E-state index contributed by atoms with van der Waals surface area (Å²) in [6.07, 6.45) is 1.58. The van der Waals surface area contributed by atoms with E-state index in [-0.39, 0.29) is 23.1 Å². The molecule has 110 valence electrons. The fraction of sp³-hybridized carbons (Fsp3) is 0.429. The molecule has 0 aromatic heterocycles. The average Bonchev–Trinajstić information content (AvgIpc) is 2.40. The summed E-state index contributed by atoms with van der Waals surface area (Å²) < 4.78 is 13.6. The topological polar surface area (TPSA) is 84.2 Å². The van der Waals surface area contributed by atoms with Crippen molar-refractivity contribution in [3.05, 3.63) is 29.6 Å². The molecule has 0 aliphatic heterocycles. The van der Waals surface area contributed by atoms with Gasteiger partial charge < -0.3 is 16.4 Å². The fourth-order valence-corrected chi connectivity index (χ4v) is 1.79. The van der Waals surface area contributed by atoms with Gasteiger partial charge in [0.25, 0.3) is 5.91 Å². The Kier molecular flexibility index (Phi) is 6.49. The van der Waals surface area contributed by atoms with Crippen LogP contribution in [0.25, 0.3) is 0 Å². The molecule has 0 heterocycles. The minimum atomic E-state index is -0.451. The fourth-order valence-electron chi connectivity index (χ4n) is 1.79. The van der Waals surface area contributed by atoms with Crippen molar-refractivity contribution in [1.29, 1.82) is 0 Å². The number of amides is 2. The van der Waals surface area contributed by atoms with Crippen LogP contribution in [0.5, 0.6) is 0 Å². The summed E-state index contributed by atoms with van der Waals surface area (Å²) in [6, 6.07) is 4.37. The molecule has 20 heavy (non-hydrogen) atoms. The third kappa shape index (κ3) is 4.87. The molecule has 1 aromatic rings. The number of rotatable bonds is 8. The highest BCUT2D eigenvalue weighted by Crippen LogP contribution is 2.19. The molecule has 0 saturated heterocycles. The number of unbranched alkanes of at least 4 members (excludes halogenated alkanes) is 1. The Labute approximate surface area is 117 Å². The van der Waals surface area contributed by atoms with Gasteiger partial charge in [-0.2, -0.15) is 0 Å². The molecule has 6 heteroatoms. The van der Waals surface area contributed by atoms with Crippen LogP contribution in [0, 0.1) is 5.82 Å². The van der Waals surface area contributed by atoms with Crippen LogP contribution in [-0.2, 0) is 4.79 Å². The summed E-state index contributed by atoms with van der Waals surface area (Å²) in [5.74, 6) is -1.14. The molecule has 1 rings (SSSR count). The molecule has 0 aliphatic rings. The first-order valence-corrected chi connectivity index (χ1v) is 6.65. The number of anilines is 1. The molecule has 0 radical (unpaired) electrons. The number of hydrogen-bond acceptors (Lipinski definition) is 3. The summed E-state index contributed by atoms with van der Waals surface area (Å²) in [7, 11) is 0. The Morgan fingerprint density at radius 1 is 1.30 bits per heavy atom. The largest absolute Gasteiger partial charge is 0.382 e. The molecular weight excluding hydrogens is 261 g/mol. The highest BCUT2D eigenvalue weighted by molar-refractivity contribution is 5.99. The zero-order valence-electron chi connectivity index (χ0n) is 11.5. The molecule has 4 N–H and O–H groups in total. The maximum atomic E-state index is 13.6. The third-order valence-electron chi connectivity index (χ3n) is 2.75. The molecule has 5 nitrogen and oxygen atoms in total. The standard InChI is InChI=1S/C14H20FN3O2/c1-2-17-13-10(6-5-7-11(13)15)14(20)18-9-4-3-8-12(16)19/h5-7,17H,2-4,8-9H2,1H3,(H2,16,19)(H,18,20). The highest BCUT2D eigenvalue weighted by atomic mass is 19.1. The van der Waals surface area contributed by atoms with Crippen molar-refractivity contribution >= 4 is 17.5 Å². The molecular formula is C14H20FN3O2. The second-order valence-corrected chi connectivity index (χ2v) is 4.37. The van der Waals surface area contributed by atoms with Crippen LogP contribution in [-0.4, -0.2) is 24.9 Å². The maximum absolute atomic E-state index is 13.6. The van der Waals surface area contributed by atoms with Gasteiger partial charge in [-0.3, -0.25) is 9.59 Å². The van der Waals surface area contributed by atoms with Crippen molar-refractivity contribution < 1.29 is 14.0 Å². The minimum absolute atomic E-state index is 0.213. The number of nitrogens with one attached hydrogen (secondary N) is 2. The van der Waals surface area contributed by atoms with Gasteiger partial charge in [-0.1, -0.05) is 6.07 Å². The predicted molar refractivity (Wildman–Crippen MR) is 75.9 cm³/mol. The molecule has 0 spiro atoms. The number of carbonyl (C=O) groups excluding carboxylic acids is 2. The van der Waals surface area contributed by atoms with Gasteiger partial charge >= 0.3 is 0 Å². The van der Waals surface area contributed by atoms with Crippen LogP contribution in [0.1, 0.15) is 36.5 Å². The van der Waals surface area contributed by atoms with E-state index < -0.39 is 5.82 Å². The van der Waals surface area contributed by atoms with Crippen LogP contribution in [0.4, 0.5) is 10.1 Å². The van der Waals surface area contributed by atoms with Crippen molar-refractivity contribution in [2.75, 3.05) is 18.4 Å². The number of benzene rings is 1. The van der Waals surface area contributed by atoms with Crippen molar-refractivity contribution in [2.24, 2.45) is 5.73 Å². The Morgan fingerprint density at radius 3 is 2.70 bits per heavy atom. The van der Waals surface area contributed by atoms with Gasteiger partial charge in [-0.15, -0.1) is 0 Å². The third-order valence-corrected chi connectivity index (χ3v) is 2.75. The minimum Gasteiger partial charge on any atom is -0.382 e. The normalized spacial score (nSPS) is 10.1. The number of primary amides is 1. The van der Waals surface area contributed by atoms with Crippen molar-refractivity contribution in [3.63, 3.8) is 0 Å². The van der Waals surface area contributed by atoms with E-state index in [1.165, 1.54) is 12.1 Å². The van der Waals surface area contributed by atoms with Gasteiger partial charge in [0.15, 0.2) is 0 Å². The summed E-state index contributed by atoms with van der Waals surface area (Å²) >= 11 is 0. The number of nitrogens with two attached hydrogens (primary N) is 1.